The first kappa shape index (κ1) is 14.5. The molecule has 0 radical (unpaired) electrons. The lowest BCUT2D eigenvalue weighted by molar-refractivity contribution is 0.0816. The molecule has 2 rings (SSSR count). The Morgan fingerprint density at radius 1 is 1.42 bits per heavy atom. The van der Waals surface area contributed by atoms with Crippen LogP contribution in [0, 0.1) is 12.7 Å². The summed E-state index contributed by atoms with van der Waals surface area (Å²) in [5.41, 5.74) is 2.21. The van der Waals surface area contributed by atoms with Gasteiger partial charge in [0, 0.05) is 12.6 Å². The van der Waals surface area contributed by atoms with Crippen molar-refractivity contribution < 1.29 is 9.50 Å². The molecule has 1 aliphatic heterocycles. The molecule has 0 spiro atoms. The van der Waals surface area contributed by atoms with Gasteiger partial charge in [-0.3, -0.25) is 4.90 Å². The van der Waals surface area contributed by atoms with E-state index >= 15 is 0 Å². The molecule has 1 aliphatic rings. The molecule has 3 heteroatoms. The van der Waals surface area contributed by atoms with Gasteiger partial charge in [0.15, 0.2) is 0 Å². The predicted octanol–water partition coefficient (Wildman–Crippen LogP) is 3.26. The van der Waals surface area contributed by atoms with Gasteiger partial charge >= 0.3 is 0 Å². The van der Waals surface area contributed by atoms with E-state index in [1.807, 2.05) is 19.9 Å². The molecule has 0 amide bonds. The molecule has 1 heterocycles. The van der Waals surface area contributed by atoms with Crippen molar-refractivity contribution in [3.63, 3.8) is 0 Å². The average Bonchev–Trinajstić information content (AvgIpc) is 2.35. The van der Waals surface area contributed by atoms with Gasteiger partial charge in [-0.05, 0) is 62.9 Å². The van der Waals surface area contributed by atoms with Gasteiger partial charge in [0.1, 0.15) is 5.82 Å². The number of hydrogen-bond donors (Lipinski definition) is 1. The van der Waals surface area contributed by atoms with Crippen molar-refractivity contribution >= 4 is 0 Å². The molecule has 0 bridgehead atoms. The second kappa shape index (κ2) is 6.49. The van der Waals surface area contributed by atoms with Crippen LogP contribution >= 0.6 is 0 Å². The van der Waals surface area contributed by atoms with Crippen molar-refractivity contribution in [3.05, 3.63) is 35.1 Å². The number of halogens is 1. The first-order chi connectivity index (χ1) is 9.06. The number of rotatable bonds is 4. The normalized spacial score (nSPS) is 22.4. The van der Waals surface area contributed by atoms with Crippen LogP contribution in [0.3, 0.4) is 0 Å². The fourth-order valence-corrected chi connectivity index (χ4v) is 2.96. The highest BCUT2D eigenvalue weighted by molar-refractivity contribution is 5.26. The van der Waals surface area contributed by atoms with Gasteiger partial charge in [0.25, 0.3) is 0 Å². The summed E-state index contributed by atoms with van der Waals surface area (Å²) in [4.78, 5) is 2.40. The van der Waals surface area contributed by atoms with Gasteiger partial charge in [-0.1, -0.05) is 12.5 Å². The highest BCUT2D eigenvalue weighted by Gasteiger charge is 2.24. The fraction of sp³-hybridized carbons (Fsp3) is 0.625. The first-order valence-electron chi connectivity index (χ1n) is 7.23. The summed E-state index contributed by atoms with van der Waals surface area (Å²) in [7, 11) is 0. The number of aryl methyl sites for hydroxylation is 1. The summed E-state index contributed by atoms with van der Waals surface area (Å²) in [6.07, 6.45) is 4.12. The molecule has 1 N–H and O–H groups in total. The van der Waals surface area contributed by atoms with Gasteiger partial charge in [-0.25, -0.2) is 4.39 Å². The number of hydrogen-bond acceptors (Lipinski definition) is 2. The molecule has 106 valence electrons. The summed E-state index contributed by atoms with van der Waals surface area (Å²) < 4.78 is 13.4. The molecule has 1 aromatic rings. The Balaban J connectivity index is 2.08. The van der Waals surface area contributed by atoms with Crippen molar-refractivity contribution in [2.24, 2.45) is 0 Å². The summed E-state index contributed by atoms with van der Waals surface area (Å²) in [6, 6.07) is 5.43. The Bertz CT molecular complexity index is 419. The van der Waals surface area contributed by atoms with Crippen molar-refractivity contribution in [2.45, 2.75) is 58.2 Å². The lowest BCUT2D eigenvalue weighted by atomic mass is 9.96. The minimum absolute atomic E-state index is 0.162. The Hall–Kier alpha value is -0.930. The molecule has 2 nitrogen and oxygen atoms in total. The SMILES string of the molecule is Cc1ccc(F)cc1CN1CCCCC1CC(C)O. The largest absolute Gasteiger partial charge is 0.393 e. The summed E-state index contributed by atoms with van der Waals surface area (Å²) >= 11 is 0. The van der Waals surface area contributed by atoms with Gasteiger partial charge in [-0.15, -0.1) is 0 Å². The quantitative estimate of drug-likeness (QED) is 0.903. The van der Waals surface area contributed by atoms with Crippen LogP contribution in [0.5, 0.6) is 0 Å². The van der Waals surface area contributed by atoms with Crippen LogP contribution < -0.4 is 0 Å². The van der Waals surface area contributed by atoms with E-state index in [1.165, 1.54) is 18.9 Å². The number of benzene rings is 1. The van der Waals surface area contributed by atoms with E-state index < -0.39 is 0 Å². The highest BCUT2D eigenvalue weighted by atomic mass is 19.1. The zero-order valence-electron chi connectivity index (χ0n) is 11.9. The van der Waals surface area contributed by atoms with Crippen LogP contribution in [0.2, 0.25) is 0 Å². The highest BCUT2D eigenvalue weighted by Crippen LogP contribution is 2.24. The molecule has 0 saturated carbocycles. The molecular weight excluding hydrogens is 241 g/mol. The van der Waals surface area contributed by atoms with Gasteiger partial charge in [-0.2, -0.15) is 0 Å². The number of aliphatic hydroxyl groups excluding tert-OH is 1. The zero-order valence-corrected chi connectivity index (χ0v) is 11.9. The molecule has 19 heavy (non-hydrogen) atoms. The maximum Gasteiger partial charge on any atom is 0.123 e. The first-order valence-corrected chi connectivity index (χ1v) is 7.23. The van der Waals surface area contributed by atoms with E-state index in [9.17, 15) is 9.50 Å². The summed E-state index contributed by atoms with van der Waals surface area (Å²) in [5.74, 6) is -0.162. The van der Waals surface area contributed by atoms with Crippen LogP contribution in [0.25, 0.3) is 0 Å². The third-order valence-electron chi connectivity index (χ3n) is 4.05. The molecule has 0 aromatic heterocycles. The molecule has 2 atom stereocenters. The van der Waals surface area contributed by atoms with E-state index in [2.05, 4.69) is 4.90 Å². The van der Waals surface area contributed by atoms with Gasteiger partial charge in [0.2, 0.25) is 0 Å². The lowest BCUT2D eigenvalue weighted by Crippen LogP contribution is -2.40. The maximum absolute atomic E-state index is 13.4. The van der Waals surface area contributed by atoms with Crippen molar-refractivity contribution in [1.82, 2.24) is 4.90 Å². The third-order valence-corrected chi connectivity index (χ3v) is 4.05. The van der Waals surface area contributed by atoms with Crippen LogP contribution in [0.15, 0.2) is 18.2 Å². The van der Waals surface area contributed by atoms with E-state index in [-0.39, 0.29) is 11.9 Å². The fourth-order valence-electron chi connectivity index (χ4n) is 2.96. The monoisotopic (exact) mass is 265 g/mol. The number of likely N-dealkylation sites (tertiary alicyclic amines) is 1. The second-order valence-electron chi connectivity index (χ2n) is 5.78. The molecular formula is C16H24FNO. The standard InChI is InChI=1S/C16H24FNO/c1-12-6-7-15(17)10-14(12)11-18-8-4-3-5-16(18)9-13(2)19/h6-7,10,13,16,19H,3-5,8-9,11H2,1-2H3. The average molecular weight is 265 g/mol. The van der Waals surface area contributed by atoms with Crippen molar-refractivity contribution in [2.75, 3.05) is 6.54 Å². The summed E-state index contributed by atoms with van der Waals surface area (Å²) in [6.45, 7) is 5.72. The van der Waals surface area contributed by atoms with E-state index in [4.69, 9.17) is 0 Å². The molecule has 1 fully saturated rings. The smallest absolute Gasteiger partial charge is 0.123 e. The van der Waals surface area contributed by atoms with Crippen molar-refractivity contribution in [3.8, 4) is 0 Å². The topological polar surface area (TPSA) is 23.5 Å². The lowest BCUT2D eigenvalue weighted by Gasteiger charge is -2.36. The third kappa shape index (κ3) is 4.02. The van der Waals surface area contributed by atoms with E-state index in [1.54, 1.807) is 6.07 Å². The Morgan fingerprint density at radius 3 is 2.95 bits per heavy atom. The Morgan fingerprint density at radius 2 is 2.21 bits per heavy atom. The molecule has 0 aliphatic carbocycles. The minimum Gasteiger partial charge on any atom is -0.393 e. The van der Waals surface area contributed by atoms with Crippen LogP contribution in [0.4, 0.5) is 4.39 Å². The molecule has 1 saturated heterocycles. The van der Waals surface area contributed by atoms with E-state index in [0.717, 1.165) is 37.1 Å². The van der Waals surface area contributed by atoms with E-state index in [0.29, 0.717) is 6.04 Å². The van der Waals surface area contributed by atoms with Gasteiger partial charge in [0.05, 0.1) is 6.10 Å². The number of piperidine rings is 1. The predicted molar refractivity (Wildman–Crippen MR) is 75.5 cm³/mol. The maximum atomic E-state index is 13.4. The molecule has 1 aromatic carbocycles. The molecule has 2 unspecified atom stereocenters. The van der Waals surface area contributed by atoms with Crippen LogP contribution in [-0.2, 0) is 6.54 Å². The Kier molecular flexibility index (Phi) is 4.94. The minimum atomic E-state index is -0.265. The number of aliphatic hydroxyl groups is 1. The van der Waals surface area contributed by atoms with Gasteiger partial charge < -0.3 is 5.11 Å². The Labute approximate surface area is 115 Å². The zero-order chi connectivity index (χ0) is 13.8. The van der Waals surface area contributed by atoms with Crippen LogP contribution in [0.1, 0.15) is 43.7 Å². The second-order valence-corrected chi connectivity index (χ2v) is 5.78. The van der Waals surface area contributed by atoms with Crippen molar-refractivity contribution in [1.29, 1.82) is 0 Å². The summed E-state index contributed by atoms with van der Waals surface area (Å²) in [5, 5.41) is 9.60. The number of nitrogens with zero attached hydrogens (tertiary/aromatic N) is 1. The van der Waals surface area contributed by atoms with Crippen LogP contribution in [-0.4, -0.2) is 28.7 Å².